The molecule has 0 saturated carbocycles. The van der Waals surface area contributed by atoms with Crippen molar-refractivity contribution in [1.82, 2.24) is 29.5 Å². The molecule has 2 bridgehead atoms. The number of fused-ring (bicyclic) bond motifs is 3. The van der Waals surface area contributed by atoms with Crippen LogP contribution in [-0.2, 0) is 19.5 Å². The molecule has 1 saturated heterocycles. The quantitative estimate of drug-likeness (QED) is 0.687. The molecule has 2 aliphatic heterocycles. The largest absolute Gasteiger partial charge is 0.354 e. The molecule has 4 heterocycles. The van der Waals surface area contributed by atoms with Crippen LogP contribution in [-0.4, -0.2) is 55.2 Å². The summed E-state index contributed by atoms with van der Waals surface area (Å²) in [7, 11) is 1.63. The summed E-state index contributed by atoms with van der Waals surface area (Å²) in [6.07, 6.45) is 4.34. The van der Waals surface area contributed by atoms with Crippen molar-refractivity contribution in [2.45, 2.75) is 58.3 Å². The summed E-state index contributed by atoms with van der Waals surface area (Å²) in [6.45, 7) is 5.27. The number of imidazole rings is 1. The lowest BCUT2D eigenvalue weighted by Gasteiger charge is -2.28. The first-order valence-electron chi connectivity index (χ1n) is 11.2. The molecule has 0 spiro atoms. The van der Waals surface area contributed by atoms with Gasteiger partial charge in [-0.15, -0.1) is 0 Å². The zero-order chi connectivity index (χ0) is 22.4. The number of benzene rings is 1. The van der Waals surface area contributed by atoms with Crippen LogP contribution in [0.2, 0.25) is 0 Å². The lowest BCUT2D eigenvalue weighted by Crippen LogP contribution is -2.42. The third kappa shape index (κ3) is 3.21. The summed E-state index contributed by atoms with van der Waals surface area (Å²) in [5.41, 5.74) is 3.77. The van der Waals surface area contributed by atoms with E-state index in [-0.39, 0.29) is 23.9 Å². The van der Waals surface area contributed by atoms with Crippen LogP contribution < -0.4 is 5.32 Å². The molecule has 8 heteroatoms. The third-order valence-electron chi connectivity index (χ3n) is 6.72. The molecule has 0 unspecified atom stereocenters. The molecule has 1 aromatic carbocycles. The predicted octanol–water partition coefficient (Wildman–Crippen LogP) is 2.66. The molecule has 2 atom stereocenters. The van der Waals surface area contributed by atoms with E-state index in [0.717, 1.165) is 42.2 Å². The third-order valence-corrected chi connectivity index (χ3v) is 6.72. The maximum atomic E-state index is 13.6. The average molecular weight is 433 g/mol. The summed E-state index contributed by atoms with van der Waals surface area (Å²) in [5, 5.41) is 7.20. The van der Waals surface area contributed by atoms with Crippen molar-refractivity contribution in [1.29, 1.82) is 0 Å². The van der Waals surface area contributed by atoms with E-state index >= 15 is 0 Å². The number of carbonyl (C=O) groups excluding carboxylic acids is 2. The van der Waals surface area contributed by atoms with Gasteiger partial charge < -0.3 is 14.8 Å². The highest BCUT2D eigenvalue weighted by Crippen LogP contribution is 2.36. The first-order valence-corrected chi connectivity index (χ1v) is 11.2. The van der Waals surface area contributed by atoms with Gasteiger partial charge in [0.25, 0.3) is 11.8 Å². The van der Waals surface area contributed by atoms with Crippen molar-refractivity contribution >= 4 is 11.8 Å². The highest BCUT2D eigenvalue weighted by Gasteiger charge is 2.43. The van der Waals surface area contributed by atoms with Crippen molar-refractivity contribution in [3.05, 3.63) is 59.2 Å². The number of rotatable bonds is 4. The van der Waals surface area contributed by atoms with E-state index in [2.05, 4.69) is 15.0 Å². The SMILES string of the molecule is CCn1cc(C(=O)N2[C@@H]3CC[C@H]2Cc2c(C(=O)NC)nc(-c4ccccc4)n2C3)c(C)n1. The van der Waals surface area contributed by atoms with Gasteiger partial charge in [0.15, 0.2) is 0 Å². The fourth-order valence-electron chi connectivity index (χ4n) is 5.13. The molecule has 32 heavy (non-hydrogen) atoms. The Morgan fingerprint density at radius 2 is 1.91 bits per heavy atom. The summed E-state index contributed by atoms with van der Waals surface area (Å²) in [4.78, 5) is 33.1. The smallest absolute Gasteiger partial charge is 0.271 e. The second-order valence-electron chi connectivity index (χ2n) is 8.57. The molecule has 8 nitrogen and oxygen atoms in total. The number of amides is 2. The average Bonchev–Trinajstić information content (AvgIpc) is 3.45. The van der Waals surface area contributed by atoms with E-state index in [1.54, 1.807) is 7.05 Å². The molecule has 2 amide bonds. The van der Waals surface area contributed by atoms with Gasteiger partial charge in [-0.05, 0) is 26.7 Å². The van der Waals surface area contributed by atoms with Crippen LogP contribution >= 0.6 is 0 Å². The molecule has 2 aliphatic rings. The fourth-order valence-corrected chi connectivity index (χ4v) is 5.13. The minimum atomic E-state index is -0.188. The van der Waals surface area contributed by atoms with Gasteiger partial charge in [-0.25, -0.2) is 4.98 Å². The topological polar surface area (TPSA) is 85.0 Å². The van der Waals surface area contributed by atoms with Crippen LogP contribution in [0.3, 0.4) is 0 Å². The van der Waals surface area contributed by atoms with Crippen LogP contribution in [0.25, 0.3) is 11.4 Å². The Balaban J connectivity index is 1.57. The lowest BCUT2D eigenvalue weighted by molar-refractivity contribution is 0.0665. The number of hydrogen-bond donors (Lipinski definition) is 1. The number of aromatic nitrogens is 4. The molecule has 3 aromatic rings. The second kappa shape index (κ2) is 7.93. The van der Waals surface area contributed by atoms with Crippen LogP contribution in [0.15, 0.2) is 36.5 Å². The maximum Gasteiger partial charge on any atom is 0.271 e. The van der Waals surface area contributed by atoms with E-state index in [0.29, 0.717) is 24.2 Å². The molecule has 5 rings (SSSR count). The van der Waals surface area contributed by atoms with Crippen molar-refractivity contribution in [2.75, 3.05) is 7.05 Å². The van der Waals surface area contributed by atoms with E-state index in [4.69, 9.17) is 4.98 Å². The minimum absolute atomic E-state index is 0.0381. The molecule has 0 radical (unpaired) electrons. The Labute approximate surface area is 187 Å². The van der Waals surface area contributed by atoms with Gasteiger partial charge in [0.1, 0.15) is 11.5 Å². The summed E-state index contributed by atoms with van der Waals surface area (Å²) < 4.78 is 3.97. The van der Waals surface area contributed by atoms with Crippen molar-refractivity contribution in [3.8, 4) is 11.4 Å². The Morgan fingerprint density at radius 3 is 2.59 bits per heavy atom. The molecule has 2 aromatic heterocycles. The van der Waals surface area contributed by atoms with Gasteiger partial charge in [-0.3, -0.25) is 14.3 Å². The number of aryl methyl sites for hydroxylation is 2. The number of nitrogens with zero attached hydrogens (tertiary/aromatic N) is 5. The first-order chi connectivity index (χ1) is 15.5. The van der Waals surface area contributed by atoms with Crippen molar-refractivity contribution in [3.63, 3.8) is 0 Å². The molecule has 0 aliphatic carbocycles. The monoisotopic (exact) mass is 432 g/mol. The molecule has 1 N–H and O–H groups in total. The van der Waals surface area contributed by atoms with Gasteiger partial charge in [-0.2, -0.15) is 5.10 Å². The predicted molar refractivity (Wildman–Crippen MR) is 120 cm³/mol. The molecular formula is C24H28N6O2. The van der Waals surface area contributed by atoms with E-state index in [1.165, 1.54) is 0 Å². The lowest BCUT2D eigenvalue weighted by atomic mass is 10.0. The van der Waals surface area contributed by atoms with Gasteiger partial charge in [0.05, 0.1) is 23.0 Å². The van der Waals surface area contributed by atoms with Crippen LogP contribution in [0.4, 0.5) is 0 Å². The van der Waals surface area contributed by atoms with E-state index in [1.807, 2.05) is 60.0 Å². The van der Waals surface area contributed by atoms with Gasteiger partial charge in [-0.1, -0.05) is 30.3 Å². The number of nitrogens with one attached hydrogen (secondary N) is 1. The molecule has 1 fully saturated rings. The fraction of sp³-hybridized carbons (Fsp3) is 0.417. The zero-order valence-corrected chi connectivity index (χ0v) is 18.7. The van der Waals surface area contributed by atoms with Gasteiger partial charge in [0, 0.05) is 44.4 Å². The standard InChI is InChI=1S/C24H28N6O2/c1-4-28-14-19(15(2)27-28)24(32)30-17-10-11-18(30)13-29-20(12-17)21(23(31)25-3)26-22(29)16-8-6-5-7-9-16/h5-9,14,17-18H,4,10-13H2,1-3H3,(H,25,31)/t17-,18+/m0/s1. The van der Waals surface area contributed by atoms with Gasteiger partial charge in [0.2, 0.25) is 0 Å². The van der Waals surface area contributed by atoms with Crippen LogP contribution in [0.5, 0.6) is 0 Å². The van der Waals surface area contributed by atoms with Gasteiger partial charge >= 0.3 is 0 Å². The number of hydrogen-bond acceptors (Lipinski definition) is 4. The highest BCUT2D eigenvalue weighted by molar-refractivity contribution is 5.96. The highest BCUT2D eigenvalue weighted by atomic mass is 16.2. The Hall–Kier alpha value is -3.42. The van der Waals surface area contributed by atoms with Crippen molar-refractivity contribution < 1.29 is 9.59 Å². The van der Waals surface area contributed by atoms with Crippen LogP contribution in [0, 0.1) is 6.92 Å². The van der Waals surface area contributed by atoms with E-state index < -0.39 is 0 Å². The normalized spacial score (nSPS) is 19.5. The Morgan fingerprint density at radius 1 is 1.16 bits per heavy atom. The molecule has 166 valence electrons. The zero-order valence-electron chi connectivity index (χ0n) is 18.7. The van der Waals surface area contributed by atoms with Crippen LogP contribution in [0.1, 0.15) is 52.0 Å². The Bertz CT molecular complexity index is 1180. The summed E-state index contributed by atoms with van der Waals surface area (Å²) in [5.74, 6) is 0.636. The van der Waals surface area contributed by atoms with Crippen molar-refractivity contribution in [2.24, 2.45) is 0 Å². The molecular weight excluding hydrogens is 404 g/mol. The minimum Gasteiger partial charge on any atom is -0.354 e. The summed E-state index contributed by atoms with van der Waals surface area (Å²) >= 11 is 0. The first kappa shape index (κ1) is 20.5. The van der Waals surface area contributed by atoms with E-state index in [9.17, 15) is 9.59 Å². The number of carbonyl (C=O) groups is 2. The summed E-state index contributed by atoms with van der Waals surface area (Å²) in [6, 6.07) is 10.0. The maximum absolute atomic E-state index is 13.6. The second-order valence-corrected chi connectivity index (χ2v) is 8.57. The Kier molecular flexibility index (Phi) is 5.07.